The molecule has 0 bridgehead atoms. The van der Waals surface area contributed by atoms with Crippen LogP contribution in [0.5, 0.6) is 5.75 Å². The third-order valence-electron chi connectivity index (χ3n) is 5.93. The Morgan fingerprint density at radius 3 is 2.94 bits per heavy atom. The maximum Gasteiger partial charge on any atom is 0.277 e. The summed E-state index contributed by atoms with van der Waals surface area (Å²) < 4.78 is 106. The van der Waals surface area contributed by atoms with Crippen LogP contribution in [0.15, 0.2) is 27.9 Å². The SMILES string of the molecule is [2H]C(CC1CCCN1C([2H])([2H])[2H])NS(=O)(=O)c1ccc(OCCC)c(-c2nc3c(CC([2H])([2H])C)nn(C([2H])([2H])[2H])c3c(=O)[nH]2)c1. The van der Waals surface area contributed by atoms with Gasteiger partial charge in [0, 0.05) is 31.9 Å². The molecule has 1 aliphatic rings. The molecule has 1 aliphatic heterocycles. The maximum absolute atomic E-state index is 13.4. The molecule has 3 heterocycles. The van der Waals surface area contributed by atoms with Crippen molar-refractivity contribution in [1.29, 1.82) is 0 Å². The molecule has 2 unspecified atom stereocenters. The molecule has 0 aliphatic carbocycles. The first kappa shape index (κ1) is 16.9. The number of sulfonamides is 1. The number of hydrogen-bond acceptors (Lipinski definition) is 7. The fourth-order valence-corrected chi connectivity index (χ4v) is 5.11. The minimum Gasteiger partial charge on any atom is -0.493 e. The standard InChI is InChI=1S/C25H36N6O4S/c1-5-8-20-22-23(31(4)29-20)25(32)28-24(27-22)19-16-18(10-11-21(19)35-15-6-2)36(33,34)26-13-12-17-9-7-14-30(17)3/h10-11,16-17,26H,5-9,12-15H2,1-4H3,(H,27,28,32)/i3D3,4D3,5D2,13D. The first-order valence-corrected chi connectivity index (χ1v) is 13.2. The highest BCUT2D eigenvalue weighted by molar-refractivity contribution is 7.89. The lowest BCUT2D eigenvalue weighted by Crippen LogP contribution is -2.31. The molecule has 1 saturated heterocycles. The van der Waals surface area contributed by atoms with E-state index in [-0.39, 0.29) is 52.7 Å². The summed E-state index contributed by atoms with van der Waals surface area (Å²) in [7, 11) is -4.33. The van der Waals surface area contributed by atoms with Gasteiger partial charge >= 0.3 is 0 Å². The largest absolute Gasteiger partial charge is 0.493 e. The Bertz CT molecular complexity index is 1700. The molecule has 36 heavy (non-hydrogen) atoms. The van der Waals surface area contributed by atoms with Crippen molar-refractivity contribution < 1.29 is 25.5 Å². The van der Waals surface area contributed by atoms with Crippen molar-refractivity contribution >= 4 is 21.1 Å². The number of benzene rings is 1. The molecule has 0 spiro atoms. The second-order valence-electron chi connectivity index (χ2n) is 8.56. The van der Waals surface area contributed by atoms with E-state index < -0.39 is 54.0 Å². The van der Waals surface area contributed by atoms with Crippen LogP contribution in [-0.4, -0.2) is 65.8 Å². The van der Waals surface area contributed by atoms with Gasteiger partial charge in [0.05, 0.1) is 22.8 Å². The lowest BCUT2D eigenvalue weighted by atomic mass is 10.1. The summed E-state index contributed by atoms with van der Waals surface area (Å²) >= 11 is 0. The molecule has 1 fully saturated rings. The molecule has 2 N–H and O–H groups in total. The normalized spacial score (nSPS) is 22.4. The molecule has 3 aromatic rings. The maximum atomic E-state index is 13.4. The van der Waals surface area contributed by atoms with Gasteiger partial charge in [-0.25, -0.2) is 18.1 Å². The third kappa shape index (κ3) is 5.47. The minimum atomic E-state index is -4.33. The fraction of sp³-hybridized carbons (Fsp3) is 0.560. The Labute approximate surface area is 224 Å². The average Bonchev–Trinajstić information content (AvgIpc) is 3.51. The van der Waals surface area contributed by atoms with Crippen LogP contribution in [0.2, 0.25) is 0 Å². The van der Waals surface area contributed by atoms with Gasteiger partial charge in [0.1, 0.15) is 17.1 Å². The zero-order valence-corrected chi connectivity index (χ0v) is 21.0. The Hall–Kier alpha value is -2.76. The van der Waals surface area contributed by atoms with Crippen molar-refractivity contribution in [1.82, 2.24) is 29.4 Å². The number of aryl methyl sites for hydroxylation is 2. The topological polar surface area (TPSA) is 122 Å². The molecular weight excluding hydrogens is 480 g/mol. The van der Waals surface area contributed by atoms with Gasteiger partial charge in [-0.2, -0.15) is 5.10 Å². The number of hydrogen-bond donors (Lipinski definition) is 2. The van der Waals surface area contributed by atoms with Crippen LogP contribution in [0.25, 0.3) is 22.4 Å². The van der Waals surface area contributed by atoms with Crippen LogP contribution in [0.4, 0.5) is 0 Å². The monoisotopic (exact) mass is 525 g/mol. The number of aromatic amines is 1. The highest BCUT2D eigenvalue weighted by atomic mass is 32.2. The number of nitrogens with zero attached hydrogens (tertiary/aromatic N) is 4. The predicted octanol–water partition coefficient (Wildman–Crippen LogP) is 2.83. The minimum absolute atomic E-state index is 0.0447. The number of rotatable bonds is 11. The van der Waals surface area contributed by atoms with Crippen LogP contribution in [-0.2, 0) is 23.4 Å². The molecule has 2 atom stereocenters. The Morgan fingerprint density at radius 1 is 1.33 bits per heavy atom. The van der Waals surface area contributed by atoms with Crippen molar-refractivity contribution in [3.8, 4) is 17.1 Å². The number of aromatic nitrogens is 4. The quantitative estimate of drug-likeness (QED) is 0.395. The lowest BCUT2D eigenvalue weighted by molar-refractivity contribution is 0.297. The number of fused-ring (bicyclic) bond motifs is 1. The molecular formula is C25H36N6O4S. The average molecular weight is 526 g/mol. The lowest BCUT2D eigenvalue weighted by Gasteiger charge is -2.19. The van der Waals surface area contributed by atoms with Gasteiger partial charge in [0.25, 0.3) is 5.56 Å². The van der Waals surface area contributed by atoms with E-state index in [1.165, 1.54) is 30.0 Å². The summed E-state index contributed by atoms with van der Waals surface area (Å²) in [6, 6.07) is 3.33. The molecule has 196 valence electrons. The zero-order valence-electron chi connectivity index (χ0n) is 29.2. The van der Waals surface area contributed by atoms with Crippen molar-refractivity contribution in [2.45, 2.75) is 63.3 Å². The molecule has 0 saturated carbocycles. The first-order valence-electron chi connectivity index (χ1n) is 16.3. The van der Waals surface area contributed by atoms with E-state index in [0.29, 0.717) is 30.5 Å². The van der Waals surface area contributed by atoms with E-state index >= 15 is 0 Å². The third-order valence-corrected chi connectivity index (χ3v) is 7.28. The van der Waals surface area contributed by atoms with Crippen LogP contribution >= 0.6 is 0 Å². The highest BCUT2D eigenvalue weighted by Gasteiger charge is 2.23. The molecule has 0 radical (unpaired) electrons. The summed E-state index contributed by atoms with van der Waals surface area (Å²) in [5.74, 6) is -0.00376. The van der Waals surface area contributed by atoms with E-state index in [1.807, 2.05) is 6.92 Å². The second-order valence-corrected chi connectivity index (χ2v) is 10.3. The number of H-pyrrole nitrogens is 1. The molecule has 2 aromatic heterocycles. The van der Waals surface area contributed by atoms with Crippen LogP contribution in [0.1, 0.15) is 63.9 Å². The number of nitrogens with one attached hydrogen (secondary N) is 2. The van der Waals surface area contributed by atoms with Crippen molar-refractivity contribution in [3.63, 3.8) is 0 Å². The van der Waals surface area contributed by atoms with E-state index in [0.717, 1.165) is 0 Å². The molecule has 0 amide bonds. The van der Waals surface area contributed by atoms with Crippen LogP contribution in [0, 0.1) is 0 Å². The van der Waals surface area contributed by atoms with Gasteiger partial charge in [-0.1, -0.05) is 20.2 Å². The summed E-state index contributed by atoms with van der Waals surface area (Å²) in [6.45, 7) is -2.88. The summed E-state index contributed by atoms with van der Waals surface area (Å²) in [5, 5.41) is 4.00. The van der Waals surface area contributed by atoms with E-state index in [4.69, 9.17) is 17.1 Å². The highest BCUT2D eigenvalue weighted by Crippen LogP contribution is 2.31. The first-order chi connectivity index (χ1) is 20.7. The molecule has 10 nitrogen and oxygen atoms in total. The van der Waals surface area contributed by atoms with Gasteiger partial charge in [0.2, 0.25) is 10.0 Å². The van der Waals surface area contributed by atoms with Gasteiger partial charge < -0.3 is 14.6 Å². The van der Waals surface area contributed by atoms with E-state index in [1.54, 1.807) is 0 Å². The van der Waals surface area contributed by atoms with Crippen molar-refractivity contribution in [2.75, 3.05) is 26.6 Å². The molecule has 11 heteroatoms. The molecule has 1 aromatic carbocycles. The predicted molar refractivity (Wildman–Crippen MR) is 140 cm³/mol. The van der Waals surface area contributed by atoms with Gasteiger partial charge in [-0.3, -0.25) is 9.48 Å². The van der Waals surface area contributed by atoms with Gasteiger partial charge in [0.15, 0.2) is 5.52 Å². The van der Waals surface area contributed by atoms with Crippen LogP contribution in [0.3, 0.4) is 0 Å². The van der Waals surface area contributed by atoms with Gasteiger partial charge in [-0.05, 0) is 63.8 Å². The van der Waals surface area contributed by atoms with Gasteiger partial charge in [-0.15, -0.1) is 0 Å². The Kier molecular flexibility index (Phi) is 5.21. The Balaban J connectivity index is 1.77. The molecule has 4 rings (SSSR count). The van der Waals surface area contributed by atoms with E-state index in [2.05, 4.69) is 19.8 Å². The second kappa shape index (κ2) is 11.1. The number of likely N-dealkylation sites (tertiary alicyclic amines) is 1. The Morgan fingerprint density at radius 2 is 2.19 bits per heavy atom. The summed E-state index contributed by atoms with van der Waals surface area (Å²) in [6.07, 6.45) is -0.493. The zero-order chi connectivity index (χ0) is 33.5. The summed E-state index contributed by atoms with van der Waals surface area (Å²) in [5.41, 5.74) is -1.48. The summed E-state index contributed by atoms with van der Waals surface area (Å²) in [4.78, 5) is 21.2. The smallest absolute Gasteiger partial charge is 0.277 e. The van der Waals surface area contributed by atoms with E-state index in [9.17, 15) is 13.2 Å². The number of ether oxygens (including phenoxy) is 1. The fourth-order valence-electron chi connectivity index (χ4n) is 4.14. The van der Waals surface area contributed by atoms with Crippen LogP contribution < -0.4 is 15.0 Å². The van der Waals surface area contributed by atoms with Crippen molar-refractivity contribution in [3.05, 3.63) is 34.2 Å². The van der Waals surface area contributed by atoms with Crippen molar-refractivity contribution in [2.24, 2.45) is 6.98 Å².